The standard InChI is InChI=1S/C16H13N7O3S/c17-14(25)13(24)10(8-9-2-6-18-7-3-9)21-16(26)12-11(22-27-23-12)15-19-4-1-5-20-15/h1-7,10H,8H2,(H2,17,25)(H,21,26). The van der Waals surface area contributed by atoms with Crippen molar-refractivity contribution >= 4 is 29.3 Å². The smallest absolute Gasteiger partial charge is 0.287 e. The predicted molar refractivity (Wildman–Crippen MR) is 94.3 cm³/mol. The van der Waals surface area contributed by atoms with Crippen LogP contribution in [-0.4, -0.2) is 47.3 Å². The van der Waals surface area contributed by atoms with E-state index in [0.29, 0.717) is 5.56 Å². The van der Waals surface area contributed by atoms with Crippen LogP contribution in [0.25, 0.3) is 11.5 Å². The number of hydrogen-bond acceptors (Lipinski definition) is 9. The highest BCUT2D eigenvalue weighted by atomic mass is 32.1. The van der Waals surface area contributed by atoms with E-state index in [9.17, 15) is 14.4 Å². The summed E-state index contributed by atoms with van der Waals surface area (Å²) in [6.45, 7) is 0. The van der Waals surface area contributed by atoms with Gasteiger partial charge in [-0.3, -0.25) is 19.4 Å². The summed E-state index contributed by atoms with van der Waals surface area (Å²) in [4.78, 5) is 48.1. The molecule has 0 aromatic carbocycles. The molecular formula is C16H13N7O3S. The molecule has 3 heterocycles. The molecule has 3 rings (SSSR count). The van der Waals surface area contributed by atoms with E-state index in [1.54, 1.807) is 18.2 Å². The first-order valence-electron chi connectivity index (χ1n) is 7.69. The molecule has 10 nitrogen and oxygen atoms in total. The second kappa shape index (κ2) is 8.19. The van der Waals surface area contributed by atoms with Gasteiger partial charge in [0.25, 0.3) is 11.8 Å². The van der Waals surface area contributed by atoms with Crippen molar-refractivity contribution in [2.45, 2.75) is 12.5 Å². The summed E-state index contributed by atoms with van der Waals surface area (Å²) < 4.78 is 8.00. The molecule has 27 heavy (non-hydrogen) atoms. The molecular weight excluding hydrogens is 370 g/mol. The molecule has 0 fully saturated rings. The zero-order valence-electron chi connectivity index (χ0n) is 13.8. The number of amides is 2. The number of carbonyl (C=O) groups excluding carboxylic acids is 3. The van der Waals surface area contributed by atoms with Gasteiger partial charge in [0, 0.05) is 31.2 Å². The quantitative estimate of drug-likeness (QED) is 0.531. The van der Waals surface area contributed by atoms with E-state index in [1.165, 1.54) is 24.8 Å². The Labute approximate surface area is 157 Å². The lowest BCUT2D eigenvalue weighted by atomic mass is 10.0. The van der Waals surface area contributed by atoms with Crippen molar-refractivity contribution in [3.63, 3.8) is 0 Å². The van der Waals surface area contributed by atoms with Gasteiger partial charge < -0.3 is 11.1 Å². The molecule has 0 saturated carbocycles. The van der Waals surface area contributed by atoms with Gasteiger partial charge in [0.1, 0.15) is 6.04 Å². The van der Waals surface area contributed by atoms with Crippen LogP contribution >= 0.6 is 11.7 Å². The van der Waals surface area contributed by atoms with Crippen LogP contribution in [0.4, 0.5) is 0 Å². The molecule has 0 saturated heterocycles. The third-order valence-corrected chi connectivity index (χ3v) is 4.06. The summed E-state index contributed by atoms with van der Waals surface area (Å²) >= 11 is 0.809. The van der Waals surface area contributed by atoms with E-state index < -0.39 is 23.6 Å². The number of hydrogen-bond donors (Lipinski definition) is 2. The van der Waals surface area contributed by atoms with E-state index in [0.717, 1.165) is 11.7 Å². The van der Waals surface area contributed by atoms with Crippen LogP contribution in [0.1, 0.15) is 16.1 Å². The fourth-order valence-corrected chi connectivity index (χ4v) is 2.81. The number of rotatable bonds is 7. The van der Waals surface area contributed by atoms with E-state index in [4.69, 9.17) is 5.73 Å². The van der Waals surface area contributed by atoms with Crippen LogP contribution in [0.2, 0.25) is 0 Å². The van der Waals surface area contributed by atoms with Crippen LogP contribution in [0, 0.1) is 0 Å². The number of Topliss-reactive ketones (excluding diaryl/α,β-unsaturated/α-hetero) is 1. The third-order valence-electron chi connectivity index (χ3n) is 3.54. The normalized spacial score (nSPS) is 11.6. The molecule has 11 heteroatoms. The van der Waals surface area contributed by atoms with Gasteiger partial charge in [-0.15, -0.1) is 0 Å². The molecule has 1 unspecified atom stereocenters. The molecule has 3 N–H and O–H groups in total. The van der Waals surface area contributed by atoms with Gasteiger partial charge in [0.15, 0.2) is 17.2 Å². The molecule has 2 amide bonds. The molecule has 3 aromatic heterocycles. The second-order valence-corrected chi connectivity index (χ2v) is 5.88. The van der Waals surface area contributed by atoms with Crippen molar-refractivity contribution in [1.82, 2.24) is 29.0 Å². The van der Waals surface area contributed by atoms with E-state index in [2.05, 4.69) is 29.0 Å². The number of aromatic nitrogens is 5. The third kappa shape index (κ3) is 4.33. The van der Waals surface area contributed by atoms with Crippen LogP contribution in [-0.2, 0) is 16.0 Å². The van der Waals surface area contributed by atoms with Crippen LogP contribution in [0.3, 0.4) is 0 Å². The summed E-state index contributed by atoms with van der Waals surface area (Å²) in [5, 5.41) is 2.50. The van der Waals surface area contributed by atoms with Crippen molar-refractivity contribution in [1.29, 1.82) is 0 Å². The summed E-state index contributed by atoms with van der Waals surface area (Å²) in [6, 6.07) is 3.81. The highest BCUT2D eigenvalue weighted by Crippen LogP contribution is 2.17. The van der Waals surface area contributed by atoms with Gasteiger partial charge in [-0.2, -0.15) is 8.75 Å². The Morgan fingerprint density at radius 3 is 2.44 bits per heavy atom. The Morgan fingerprint density at radius 2 is 1.78 bits per heavy atom. The lowest BCUT2D eigenvalue weighted by Crippen LogP contribution is -2.47. The van der Waals surface area contributed by atoms with Gasteiger partial charge in [-0.25, -0.2) is 9.97 Å². The molecule has 3 aromatic rings. The summed E-state index contributed by atoms with van der Waals surface area (Å²) in [5.41, 5.74) is 5.96. The van der Waals surface area contributed by atoms with Gasteiger partial charge in [0.05, 0.1) is 11.7 Å². The zero-order chi connectivity index (χ0) is 19.2. The van der Waals surface area contributed by atoms with Gasteiger partial charge in [0.2, 0.25) is 5.78 Å². The van der Waals surface area contributed by atoms with E-state index >= 15 is 0 Å². The van der Waals surface area contributed by atoms with E-state index in [-0.39, 0.29) is 23.6 Å². The van der Waals surface area contributed by atoms with Crippen LogP contribution < -0.4 is 11.1 Å². The Kier molecular flexibility index (Phi) is 5.52. The second-order valence-electron chi connectivity index (χ2n) is 5.35. The molecule has 1 atom stereocenters. The summed E-state index contributed by atoms with van der Waals surface area (Å²) in [6.07, 6.45) is 6.17. The van der Waals surface area contributed by atoms with Crippen molar-refractivity contribution < 1.29 is 14.4 Å². The van der Waals surface area contributed by atoms with Gasteiger partial charge >= 0.3 is 0 Å². The fraction of sp³-hybridized carbons (Fsp3) is 0.125. The lowest BCUT2D eigenvalue weighted by Gasteiger charge is -2.15. The number of nitrogens with one attached hydrogen (secondary N) is 1. The topological polar surface area (TPSA) is 154 Å². The maximum absolute atomic E-state index is 12.6. The Morgan fingerprint density at radius 1 is 1.07 bits per heavy atom. The number of carbonyl (C=O) groups is 3. The number of primary amides is 1. The minimum atomic E-state index is -1.15. The number of nitrogens with zero attached hydrogens (tertiary/aromatic N) is 5. The van der Waals surface area contributed by atoms with Gasteiger partial charge in [-0.1, -0.05) is 0 Å². The van der Waals surface area contributed by atoms with Crippen molar-refractivity contribution in [2.24, 2.45) is 5.73 Å². The van der Waals surface area contributed by atoms with Crippen molar-refractivity contribution in [3.8, 4) is 11.5 Å². The highest BCUT2D eigenvalue weighted by molar-refractivity contribution is 6.99. The molecule has 136 valence electrons. The van der Waals surface area contributed by atoms with Crippen molar-refractivity contribution in [2.75, 3.05) is 0 Å². The average Bonchev–Trinajstić information content (AvgIpc) is 3.18. The maximum Gasteiger partial charge on any atom is 0.287 e. The Bertz CT molecular complexity index is 962. The minimum absolute atomic E-state index is 0.0387. The van der Waals surface area contributed by atoms with Crippen molar-refractivity contribution in [3.05, 3.63) is 54.2 Å². The number of ketones is 1. The predicted octanol–water partition coefficient (Wildman–Crippen LogP) is -0.214. The molecule has 0 radical (unpaired) electrons. The molecule has 0 aliphatic rings. The number of pyridine rings is 1. The zero-order valence-corrected chi connectivity index (χ0v) is 14.6. The first-order chi connectivity index (χ1) is 13.1. The first kappa shape index (κ1) is 18.2. The van der Waals surface area contributed by atoms with Crippen LogP contribution in [0.5, 0.6) is 0 Å². The SMILES string of the molecule is NC(=O)C(=O)C(Cc1ccncc1)NC(=O)c1nsnc1-c1ncccn1. The maximum atomic E-state index is 12.6. The molecule has 0 spiro atoms. The number of nitrogens with two attached hydrogens (primary N) is 1. The highest BCUT2D eigenvalue weighted by Gasteiger charge is 2.28. The molecule has 0 aliphatic carbocycles. The largest absolute Gasteiger partial charge is 0.363 e. The average molecular weight is 383 g/mol. The monoisotopic (exact) mass is 383 g/mol. The van der Waals surface area contributed by atoms with Gasteiger partial charge in [-0.05, 0) is 23.8 Å². The first-order valence-corrected chi connectivity index (χ1v) is 8.42. The Hall–Kier alpha value is -3.60. The fourth-order valence-electron chi connectivity index (χ4n) is 2.27. The lowest BCUT2D eigenvalue weighted by molar-refractivity contribution is -0.137. The minimum Gasteiger partial charge on any atom is -0.363 e. The molecule has 0 bridgehead atoms. The van der Waals surface area contributed by atoms with Crippen LogP contribution in [0.15, 0.2) is 43.0 Å². The summed E-state index contributed by atoms with van der Waals surface area (Å²) in [5.74, 6) is -2.51. The summed E-state index contributed by atoms with van der Waals surface area (Å²) in [7, 11) is 0. The molecule has 0 aliphatic heterocycles. The Balaban J connectivity index is 1.84. The van der Waals surface area contributed by atoms with E-state index in [1.807, 2.05) is 0 Å².